The van der Waals surface area contributed by atoms with Crippen LogP contribution < -0.4 is 5.32 Å². The molecule has 4 nitrogen and oxygen atoms in total. The lowest BCUT2D eigenvalue weighted by Gasteiger charge is -2.21. The Morgan fingerprint density at radius 2 is 2.00 bits per heavy atom. The molecular weight excluding hydrogens is 250 g/mol. The lowest BCUT2D eigenvalue weighted by Crippen LogP contribution is -2.41. The fourth-order valence-electron chi connectivity index (χ4n) is 2.61. The van der Waals surface area contributed by atoms with Crippen molar-refractivity contribution < 1.29 is 4.79 Å². The predicted molar refractivity (Wildman–Crippen MR) is 78.1 cm³/mol. The van der Waals surface area contributed by atoms with Gasteiger partial charge in [-0.15, -0.1) is 0 Å². The Morgan fingerprint density at radius 1 is 1.35 bits per heavy atom. The summed E-state index contributed by atoms with van der Waals surface area (Å²) in [6.07, 6.45) is 2.91. The number of nitrogens with one attached hydrogen (secondary N) is 1. The number of hydrogen-bond donors (Lipinski definition) is 1. The van der Waals surface area contributed by atoms with Gasteiger partial charge in [-0.05, 0) is 50.6 Å². The molecule has 1 aliphatic heterocycles. The van der Waals surface area contributed by atoms with Gasteiger partial charge in [0, 0.05) is 12.6 Å². The predicted octanol–water partition coefficient (Wildman–Crippen LogP) is 1.70. The van der Waals surface area contributed by atoms with E-state index in [0.29, 0.717) is 12.0 Å². The van der Waals surface area contributed by atoms with Crippen LogP contribution in [0.5, 0.6) is 0 Å². The number of nitrogens with zero attached hydrogens (tertiary/aromatic N) is 2. The molecule has 0 aromatic heterocycles. The topological polar surface area (TPSA) is 56.1 Å². The van der Waals surface area contributed by atoms with Crippen molar-refractivity contribution in [1.82, 2.24) is 10.2 Å². The van der Waals surface area contributed by atoms with Crippen molar-refractivity contribution in [3.8, 4) is 6.07 Å². The number of amides is 1. The first-order chi connectivity index (χ1) is 9.67. The van der Waals surface area contributed by atoms with E-state index in [4.69, 9.17) is 5.26 Å². The zero-order valence-corrected chi connectivity index (χ0v) is 11.9. The molecule has 0 bridgehead atoms. The Bertz CT molecular complexity index is 483. The minimum Gasteiger partial charge on any atom is -0.352 e. The molecule has 0 spiro atoms. The number of benzene rings is 1. The van der Waals surface area contributed by atoms with E-state index in [1.807, 2.05) is 12.1 Å². The Hall–Kier alpha value is -1.86. The van der Waals surface area contributed by atoms with Crippen molar-refractivity contribution in [3.63, 3.8) is 0 Å². The van der Waals surface area contributed by atoms with Gasteiger partial charge in [0.1, 0.15) is 0 Å². The molecule has 1 N–H and O–H groups in total. The molecule has 4 heteroatoms. The largest absolute Gasteiger partial charge is 0.352 e. The summed E-state index contributed by atoms with van der Waals surface area (Å²) in [6, 6.07) is 9.42. The molecule has 0 saturated carbocycles. The Kier molecular flexibility index (Phi) is 5.14. The molecule has 1 aliphatic rings. The third-order valence-corrected chi connectivity index (χ3v) is 3.59. The molecule has 106 valence electrons. The van der Waals surface area contributed by atoms with Gasteiger partial charge in [-0.3, -0.25) is 4.79 Å². The summed E-state index contributed by atoms with van der Waals surface area (Å²) in [5.74, 6) is 0.0430. The fourth-order valence-corrected chi connectivity index (χ4v) is 2.61. The minimum absolute atomic E-state index is 0.0430. The molecule has 1 amide bonds. The molecule has 1 aromatic carbocycles. The summed E-state index contributed by atoms with van der Waals surface area (Å²) < 4.78 is 0. The second-order valence-electron chi connectivity index (χ2n) is 5.46. The molecule has 20 heavy (non-hydrogen) atoms. The monoisotopic (exact) mass is 271 g/mol. The van der Waals surface area contributed by atoms with Gasteiger partial charge in [0.05, 0.1) is 18.1 Å². The van der Waals surface area contributed by atoms with E-state index in [2.05, 4.69) is 23.2 Å². The second kappa shape index (κ2) is 7.06. The number of carbonyl (C=O) groups excluding carboxylic acids is 1. The molecule has 1 atom stereocenters. The molecule has 1 fully saturated rings. The van der Waals surface area contributed by atoms with E-state index in [0.717, 1.165) is 25.2 Å². The maximum atomic E-state index is 12.0. The van der Waals surface area contributed by atoms with Crippen LogP contribution in [0.2, 0.25) is 0 Å². The van der Waals surface area contributed by atoms with Gasteiger partial charge in [-0.25, -0.2) is 0 Å². The minimum atomic E-state index is 0.0430. The average molecular weight is 271 g/mol. The summed E-state index contributed by atoms with van der Waals surface area (Å²) in [7, 11) is 0. The van der Waals surface area contributed by atoms with Crippen LogP contribution in [0.4, 0.5) is 0 Å². The van der Waals surface area contributed by atoms with Crippen molar-refractivity contribution >= 4 is 5.91 Å². The third kappa shape index (κ3) is 4.36. The van der Waals surface area contributed by atoms with Crippen molar-refractivity contribution in [2.75, 3.05) is 19.6 Å². The number of likely N-dealkylation sites (tertiary alicyclic amines) is 1. The van der Waals surface area contributed by atoms with Crippen LogP contribution in [0.1, 0.15) is 30.9 Å². The van der Waals surface area contributed by atoms with Gasteiger partial charge in [-0.1, -0.05) is 12.1 Å². The first kappa shape index (κ1) is 14.5. The molecule has 1 heterocycles. The SMILES string of the molecule is CC(CN1CCCC1)NC(=O)Cc1ccc(C#N)cc1. The van der Waals surface area contributed by atoms with Gasteiger partial charge in [0.15, 0.2) is 0 Å². The highest BCUT2D eigenvalue weighted by molar-refractivity contribution is 5.78. The normalized spacial score (nSPS) is 16.6. The Balaban J connectivity index is 1.77. The molecule has 1 unspecified atom stereocenters. The average Bonchev–Trinajstić information content (AvgIpc) is 2.92. The molecule has 1 saturated heterocycles. The number of rotatable bonds is 5. The van der Waals surface area contributed by atoms with Gasteiger partial charge in [0.25, 0.3) is 0 Å². The smallest absolute Gasteiger partial charge is 0.224 e. The first-order valence-electron chi connectivity index (χ1n) is 7.18. The van der Waals surface area contributed by atoms with Crippen LogP contribution in [-0.4, -0.2) is 36.5 Å². The Labute approximate surface area is 120 Å². The zero-order valence-electron chi connectivity index (χ0n) is 11.9. The lowest BCUT2D eigenvalue weighted by molar-refractivity contribution is -0.121. The standard InChI is InChI=1S/C16H21N3O/c1-13(12-19-8-2-3-9-19)18-16(20)10-14-4-6-15(11-17)7-5-14/h4-7,13H,2-3,8-10,12H2,1H3,(H,18,20). The summed E-state index contributed by atoms with van der Waals surface area (Å²) in [5.41, 5.74) is 1.56. The van der Waals surface area contributed by atoms with Crippen LogP contribution in [-0.2, 0) is 11.2 Å². The van der Waals surface area contributed by atoms with E-state index in [1.54, 1.807) is 12.1 Å². The van der Waals surface area contributed by atoms with Crippen LogP contribution in [0.25, 0.3) is 0 Å². The molecule has 1 aromatic rings. The highest BCUT2D eigenvalue weighted by Crippen LogP contribution is 2.08. The van der Waals surface area contributed by atoms with Gasteiger partial charge in [-0.2, -0.15) is 5.26 Å². The fraction of sp³-hybridized carbons (Fsp3) is 0.500. The summed E-state index contributed by atoms with van der Waals surface area (Å²) >= 11 is 0. The summed E-state index contributed by atoms with van der Waals surface area (Å²) in [4.78, 5) is 14.4. The van der Waals surface area contributed by atoms with Crippen molar-refractivity contribution in [3.05, 3.63) is 35.4 Å². The molecule has 2 rings (SSSR count). The van der Waals surface area contributed by atoms with E-state index >= 15 is 0 Å². The Morgan fingerprint density at radius 3 is 2.60 bits per heavy atom. The van der Waals surface area contributed by atoms with E-state index in [9.17, 15) is 4.79 Å². The maximum absolute atomic E-state index is 12.0. The van der Waals surface area contributed by atoms with Gasteiger partial charge >= 0.3 is 0 Å². The number of carbonyl (C=O) groups is 1. The summed E-state index contributed by atoms with van der Waals surface area (Å²) in [5, 5.41) is 11.8. The van der Waals surface area contributed by atoms with Crippen LogP contribution in [0.3, 0.4) is 0 Å². The number of nitriles is 1. The quantitative estimate of drug-likeness (QED) is 0.887. The molecular formula is C16H21N3O. The van der Waals surface area contributed by atoms with Crippen LogP contribution >= 0.6 is 0 Å². The first-order valence-corrected chi connectivity index (χ1v) is 7.18. The van der Waals surface area contributed by atoms with Gasteiger partial charge < -0.3 is 10.2 Å². The van der Waals surface area contributed by atoms with E-state index < -0.39 is 0 Å². The maximum Gasteiger partial charge on any atom is 0.224 e. The van der Waals surface area contributed by atoms with Crippen molar-refractivity contribution in [2.24, 2.45) is 0 Å². The van der Waals surface area contributed by atoms with E-state index in [-0.39, 0.29) is 11.9 Å². The van der Waals surface area contributed by atoms with Crippen molar-refractivity contribution in [2.45, 2.75) is 32.2 Å². The molecule has 0 radical (unpaired) electrons. The summed E-state index contributed by atoms with van der Waals surface area (Å²) in [6.45, 7) is 5.28. The number of hydrogen-bond acceptors (Lipinski definition) is 3. The van der Waals surface area contributed by atoms with E-state index in [1.165, 1.54) is 12.8 Å². The zero-order chi connectivity index (χ0) is 14.4. The highest BCUT2D eigenvalue weighted by atomic mass is 16.1. The van der Waals surface area contributed by atoms with Crippen molar-refractivity contribution in [1.29, 1.82) is 5.26 Å². The van der Waals surface area contributed by atoms with Gasteiger partial charge in [0.2, 0.25) is 5.91 Å². The highest BCUT2D eigenvalue weighted by Gasteiger charge is 2.15. The second-order valence-corrected chi connectivity index (χ2v) is 5.46. The van der Waals surface area contributed by atoms with Crippen LogP contribution in [0.15, 0.2) is 24.3 Å². The lowest BCUT2D eigenvalue weighted by atomic mass is 10.1. The van der Waals surface area contributed by atoms with Crippen LogP contribution in [0, 0.1) is 11.3 Å². The molecule has 0 aliphatic carbocycles. The third-order valence-electron chi connectivity index (χ3n) is 3.59.